The van der Waals surface area contributed by atoms with Crippen LogP contribution in [0.15, 0.2) is 35.4 Å². The molecular formula is C15H14F2N4O6. The summed E-state index contributed by atoms with van der Waals surface area (Å²) in [6.45, 7) is -3.02. The van der Waals surface area contributed by atoms with Crippen LogP contribution in [0.3, 0.4) is 0 Å². The first-order chi connectivity index (χ1) is 12.8. The van der Waals surface area contributed by atoms with Crippen molar-refractivity contribution in [3.8, 4) is 5.69 Å². The number of aliphatic carboxylic acids is 1. The molecule has 3 heterocycles. The van der Waals surface area contributed by atoms with Crippen molar-refractivity contribution in [2.24, 2.45) is 0 Å². The smallest absolute Gasteiger partial charge is 0.336 e. The summed E-state index contributed by atoms with van der Waals surface area (Å²) in [5.74, 6) is -2.60. The number of carboxylic acids is 1. The number of carboxylic acid groups (broad SMARTS) is 1. The van der Waals surface area contributed by atoms with Gasteiger partial charge in [0.25, 0.3) is 11.5 Å². The molecule has 3 N–H and O–H groups in total. The van der Waals surface area contributed by atoms with E-state index in [1.807, 2.05) is 0 Å². The molecule has 2 unspecified atom stereocenters. The Kier molecular flexibility index (Phi) is 4.76. The van der Waals surface area contributed by atoms with Gasteiger partial charge < -0.3 is 20.3 Å². The molecule has 0 radical (unpaired) electrons. The number of alkyl halides is 2. The number of aromatic nitrogens is 3. The second-order valence-corrected chi connectivity index (χ2v) is 5.64. The normalized spacial score (nSPS) is 21.1. The third kappa shape index (κ3) is 3.08. The zero-order valence-electron chi connectivity index (χ0n) is 13.6. The predicted molar refractivity (Wildman–Crippen MR) is 83.4 cm³/mol. The molecule has 0 saturated carbocycles. The second kappa shape index (κ2) is 6.89. The van der Waals surface area contributed by atoms with E-state index >= 15 is 0 Å². The van der Waals surface area contributed by atoms with Gasteiger partial charge in [0.2, 0.25) is 5.60 Å². The van der Waals surface area contributed by atoms with E-state index in [1.165, 1.54) is 18.3 Å². The van der Waals surface area contributed by atoms with Crippen LogP contribution in [-0.2, 0) is 19.9 Å². The molecule has 0 aromatic carbocycles. The lowest BCUT2D eigenvalue weighted by molar-refractivity contribution is -0.191. The summed E-state index contributed by atoms with van der Waals surface area (Å²) < 4.78 is 32.3. The minimum atomic E-state index is -3.07. The third-order valence-corrected chi connectivity index (χ3v) is 4.04. The van der Waals surface area contributed by atoms with Crippen molar-refractivity contribution in [3.05, 3.63) is 46.6 Å². The molecule has 1 saturated heterocycles. The van der Waals surface area contributed by atoms with Crippen molar-refractivity contribution in [2.45, 2.75) is 18.3 Å². The van der Waals surface area contributed by atoms with Gasteiger partial charge in [0, 0.05) is 25.0 Å². The number of amides is 1. The Morgan fingerprint density at radius 3 is 2.70 bits per heavy atom. The van der Waals surface area contributed by atoms with Crippen molar-refractivity contribution < 1.29 is 33.3 Å². The van der Waals surface area contributed by atoms with Crippen molar-refractivity contribution in [1.29, 1.82) is 0 Å². The fourth-order valence-corrected chi connectivity index (χ4v) is 2.73. The lowest BCUT2D eigenvalue weighted by Crippen LogP contribution is -2.61. The molecule has 10 nitrogen and oxygen atoms in total. The highest BCUT2D eigenvalue weighted by Crippen LogP contribution is 2.31. The van der Waals surface area contributed by atoms with Gasteiger partial charge in [-0.25, -0.2) is 9.48 Å². The SMILES string of the molecule is O=C(O)C(O)C1(c2ccn(-c3ccc(=O)n(C(F)F)c3)n2)OCCNC1=O. The number of rotatable bonds is 5. The fraction of sp³-hybridized carbons (Fsp3) is 0.333. The quantitative estimate of drug-likeness (QED) is 0.615. The fourth-order valence-electron chi connectivity index (χ4n) is 2.73. The molecule has 2 aromatic rings. The topological polar surface area (TPSA) is 136 Å². The summed E-state index contributed by atoms with van der Waals surface area (Å²) in [4.78, 5) is 35.1. The summed E-state index contributed by atoms with van der Waals surface area (Å²) in [6, 6.07) is 3.35. The molecule has 144 valence electrons. The highest BCUT2D eigenvalue weighted by molar-refractivity contribution is 5.93. The van der Waals surface area contributed by atoms with Crippen LogP contribution >= 0.6 is 0 Å². The zero-order chi connectivity index (χ0) is 19.8. The summed E-state index contributed by atoms with van der Waals surface area (Å²) in [5.41, 5.74) is -3.40. The van der Waals surface area contributed by atoms with E-state index in [4.69, 9.17) is 9.84 Å². The van der Waals surface area contributed by atoms with E-state index in [9.17, 15) is 28.3 Å². The van der Waals surface area contributed by atoms with E-state index in [0.717, 1.165) is 16.9 Å². The Morgan fingerprint density at radius 2 is 2.07 bits per heavy atom. The van der Waals surface area contributed by atoms with Gasteiger partial charge in [-0.05, 0) is 12.1 Å². The molecular weight excluding hydrogens is 370 g/mol. The van der Waals surface area contributed by atoms with Gasteiger partial charge in [0.15, 0.2) is 6.10 Å². The molecule has 0 spiro atoms. The van der Waals surface area contributed by atoms with Crippen molar-refractivity contribution in [3.63, 3.8) is 0 Å². The number of carbonyl (C=O) groups excluding carboxylic acids is 1. The first-order valence-electron chi connectivity index (χ1n) is 7.67. The molecule has 1 aliphatic heterocycles. The highest BCUT2D eigenvalue weighted by Gasteiger charge is 2.55. The van der Waals surface area contributed by atoms with Crippen LogP contribution in [0.25, 0.3) is 5.69 Å². The predicted octanol–water partition coefficient (Wildman–Crippen LogP) is -0.784. The number of hydrogen-bond acceptors (Lipinski definition) is 6. The van der Waals surface area contributed by atoms with Crippen molar-refractivity contribution >= 4 is 11.9 Å². The molecule has 0 bridgehead atoms. The number of ether oxygens (including phenoxy) is 1. The number of pyridine rings is 1. The molecule has 0 aliphatic carbocycles. The first kappa shape index (κ1) is 18.7. The molecule has 12 heteroatoms. The Bertz CT molecular complexity index is 942. The van der Waals surface area contributed by atoms with E-state index in [1.54, 1.807) is 0 Å². The second-order valence-electron chi connectivity index (χ2n) is 5.64. The number of nitrogens with one attached hydrogen (secondary N) is 1. The molecule has 1 fully saturated rings. The first-order valence-corrected chi connectivity index (χ1v) is 7.67. The maximum atomic E-state index is 12.9. The van der Waals surface area contributed by atoms with Gasteiger partial charge in [-0.2, -0.15) is 13.9 Å². The Balaban J connectivity index is 2.07. The van der Waals surface area contributed by atoms with Crippen LogP contribution in [0.5, 0.6) is 0 Å². The zero-order valence-corrected chi connectivity index (χ0v) is 13.6. The molecule has 1 aliphatic rings. The maximum Gasteiger partial charge on any atom is 0.336 e. The molecule has 2 aromatic heterocycles. The molecule has 1 amide bonds. The summed E-state index contributed by atoms with van der Waals surface area (Å²) >= 11 is 0. The largest absolute Gasteiger partial charge is 0.479 e. The van der Waals surface area contributed by atoms with Gasteiger partial charge in [-0.15, -0.1) is 0 Å². The minimum Gasteiger partial charge on any atom is -0.479 e. The molecule has 27 heavy (non-hydrogen) atoms. The molecule has 2 atom stereocenters. The third-order valence-electron chi connectivity index (χ3n) is 4.04. The molecule has 3 rings (SSSR count). The van der Waals surface area contributed by atoms with E-state index in [-0.39, 0.29) is 29.1 Å². The monoisotopic (exact) mass is 384 g/mol. The summed E-state index contributed by atoms with van der Waals surface area (Å²) in [5, 5.41) is 25.7. The summed E-state index contributed by atoms with van der Waals surface area (Å²) in [7, 11) is 0. The lowest BCUT2D eigenvalue weighted by Gasteiger charge is -2.36. The maximum absolute atomic E-state index is 12.9. The van der Waals surface area contributed by atoms with Gasteiger partial charge >= 0.3 is 12.5 Å². The van der Waals surface area contributed by atoms with Gasteiger partial charge in [0.05, 0.1) is 12.3 Å². The van der Waals surface area contributed by atoms with Gasteiger partial charge in [0.1, 0.15) is 5.69 Å². The average molecular weight is 384 g/mol. The van der Waals surface area contributed by atoms with Crippen LogP contribution in [0, 0.1) is 0 Å². The summed E-state index contributed by atoms with van der Waals surface area (Å²) in [6.07, 6.45) is -0.144. The van der Waals surface area contributed by atoms with Crippen LogP contribution in [0.4, 0.5) is 8.78 Å². The lowest BCUT2D eigenvalue weighted by atomic mass is 9.90. The van der Waals surface area contributed by atoms with Crippen molar-refractivity contribution in [1.82, 2.24) is 19.7 Å². The minimum absolute atomic E-state index is 0.0531. The highest BCUT2D eigenvalue weighted by atomic mass is 19.3. The number of hydrogen-bond donors (Lipinski definition) is 3. The van der Waals surface area contributed by atoms with E-state index in [2.05, 4.69) is 10.4 Å². The number of halogens is 2. The van der Waals surface area contributed by atoms with E-state index in [0.29, 0.717) is 0 Å². The van der Waals surface area contributed by atoms with Gasteiger partial charge in [-0.3, -0.25) is 14.2 Å². The Labute approximate surface area is 149 Å². The number of carbonyl (C=O) groups is 2. The van der Waals surface area contributed by atoms with Crippen LogP contribution in [0.2, 0.25) is 0 Å². The van der Waals surface area contributed by atoms with Crippen LogP contribution in [-0.4, -0.2) is 55.7 Å². The van der Waals surface area contributed by atoms with Crippen LogP contribution < -0.4 is 10.9 Å². The Hall–Kier alpha value is -3.12. The van der Waals surface area contributed by atoms with Gasteiger partial charge in [-0.1, -0.05) is 0 Å². The number of nitrogens with zero attached hydrogens (tertiary/aromatic N) is 3. The average Bonchev–Trinajstić information content (AvgIpc) is 3.12. The van der Waals surface area contributed by atoms with E-state index < -0.39 is 35.7 Å². The standard InChI is InChI=1S/C15H14F2N4O6/c16-14(17)20-7-8(1-2-10(20)22)21-5-3-9(19-21)15(11(23)12(24)25)13(26)18-4-6-27-15/h1-3,5,7,11,14,23H,4,6H2,(H,18,26)(H,24,25). The Morgan fingerprint density at radius 1 is 1.33 bits per heavy atom. The van der Waals surface area contributed by atoms with Crippen molar-refractivity contribution in [2.75, 3.05) is 13.2 Å². The van der Waals surface area contributed by atoms with Crippen LogP contribution in [0.1, 0.15) is 12.2 Å². The number of morpholine rings is 1. The number of aliphatic hydroxyl groups excluding tert-OH is 1. The number of aliphatic hydroxyl groups is 1.